The van der Waals surface area contributed by atoms with Crippen LogP contribution in [0.2, 0.25) is 5.15 Å². The van der Waals surface area contributed by atoms with Crippen molar-refractivity contribution in [1.82, 2.24) is 10.3 Å². The number of hydrogen-bond acceptors (Lipinski definition) is 3. The Morgan fingerprint density at radius 2 is 2.31 bits per heavy atom. The van der Waals surface area contributed by atoms with E-state index in [0.29, 0.717) is 28.8 Å². The molecule has 0 fully saturated rings. The second kappa shape index (κ2) is 6.60. The monoisotopic (exact) mass is 260 g/mol. The van der Waals surface area contributed by atoms with Gasteiger partial charge in [-0.25, -0.2) is 4.98 Å². The third-order valence-electron chi connectivity index (χ3n) is 1.93. The maximum absolute atomic E-state index is 11.5. The van der Waals surface area contributed by atoms with Crippen LogP contribution in [-0.2, 0) is 10.8 Å². The van der Waals surface area contributed by atoms with E-state index < -0.39 is 10.8 Å². The van der Waals surface area contributed by atoms with Gasteiger partial charge in [-0.1, -0.05) is 18.5 Å². The van der Waals surface area contributed by atoms with Crippen LogP contribution in [0.15, 0.2) is 18.3 Å². The van der Waals surface area contributed by atoms with Crippen LogP contribution in [0.25, 0.3) is 0 Å². The van der Waals surface area contributed by atoms with Gasteiger partial charge in [0.05, 0.1) is 5.56 Å². The predicted molar refractivity (Wildman–Crippen MR) is 65.1 cm³/mol. The van der Waals surface area contributed by atoms with Gasteiger partial charge in [-0.15, -0.1) is 0 Å². The maximum Gasteiger partial charge on any atom is 0.252 e. The zero-order chi connectivity index (χ0) is 12.0. The van der Waals surface area contributed by atoms with Crippen molar-refractivity contribution in [2.75, 3.05) is 18.1 Å². The Bertz CT molecular complexity index is 381. The normalized spacial score (nSPS) is 12.1. The smallest absolute Gasteiger partial charge is 0.252 e. The lowest BCUT2D eigenvalue weighted by Gasteiger charge is -2.04. The molecule has 0 aliphatic rings. The number of carbonyl (C=O) groups excluding carboxylic acids is 1. The average molecular weight is 261 g/mol. The molecule has 1 atom stereocenters. The molecule has 4 nitrogen and oxygen atoms in total. The Balaban J connectivity index is 2.41. The molecule has 0 aliphatic carbocycles. The summed E-state index contributed by atoms with van der Waals surface area (Å²) in [5.74, 6) is 0.860. The van der Waals surface area contributed by atoms with Crippen LogP contribution >= 0.6 is 11.6 Å². The van der Waals surface area contributed by atoms with E-state index >= 15 is 0 Å². The lowest BCUT2D eigenvalue weighted by Crippen LogP contribution is -2.28. The summed E-state index contributed by atoms with van der Waals surface area (Å²) in [5, 5.41) is 3.02. The molecule has 0 bridgehead atoms. The molecule has 16 heavy (non-hydrogen) atoms. The molecular weight excluding hydrogens is 248 g/mol. The summed E-state index contributed by atoms with van der Waals surface area (Å²) in [6, 6.07) is 3.15. The van der Waals surface area contributed by atoms with Crippen LogP contribution in [0.1, 0.15) is 17.3 Å². The molecule has 1 amide bonds. The Morgan fingerprint density at radius 1 is 1.56 bits per heavy atom. The molecule has 1 N–H and O–H groups in total. The zero-order valence-electron chi connectivity index (χ0n) is 8.90. The lowest BCUT2D eigenvalue weighted by atomic mass is 10.3. The van der Waals surface area contributed by atoms with Crippen LogP contribution in [0, 0.1) is 0 Å². The molecule has 88 valence electrons. The van der Waals surface area contributed by atoms with Crippen LogP contribution in [-0.4, -0.2) is 33.2 Å². The molecule has 0 radical (unpaired) electrons. The van der Waals surface area contributed by atoms with Gasteiger partial charge in [-0.2, -0.15) is 0 Å². The Labute approximate surface area is 102 Å². The van der Waals surface area contributed by atoms with Gasteiger partial charge in [0, 0.05) is 35.0 Å². The molecular formula is C10H13ClN2O2S. The second-order valence-electron chi connectivity index (χ2n) is 3.06. The number of aromatic nitrogens is 1. The van der Waals surface area contributed by atoms with E-state index in [1.807, 2.05) is 6.92 Å². The first-order valence-electron chi connectivity index (χ1n) is 4.88. The van der Waals surface area contributed by atoms with E-state index in [0.717, 1.165) is 0 Å². The van der Waals surface area contributed by atoms with E-state index in [4.69, 9.17) is 11.6 Å². The fourth-order valence-corrected chi connectivity index (χ4v) is 1.77. The van der Waals surface area contributed by atoms with E-state index in [9.17, 15) is 9.00 Å². The predicted octanol–water partition coefficient (Wildman–Crippen LogP) is 1.23. The average Bonchev–Trinajstić information content (AvgIpc) is 2.29. The van der Waals surface area contributed by atoms with Crippen LogP contribution in [0.5, 0.6) is 0 Å². The van der Waals surface area contributed by atoms with Crippen LogP contribution < -0.4 is 5.32 Å². The summed E-state index contributed by atoms with van der Waals surface area (Å²) in [4.78, 5) is 15.3. The van der Waals surface area contributed by atoms with Crippen molar-refractivity contribution in [3.05, 3.63) is 29.0 Å². The Hall–Kier alpha value is -0.940. The third-order valence-corrected chi connectivity index (χ3v) is 3.45. The highest BCUT2D eigenvalue weighted by molar-refractivity contribution is 7.84. The van der Waals surface area contributed by atoms with Gasteiger partial charge in [0.2, 0.25) is 0 Å². The molecule has 6 heteroatoms. The fraction of sp³-hybridized carbons (Fsp3) is 0.400. The van der Waals surface area contributed by atoms with Gasteiger partial charge in [0.1, 0.15) is 5.15 Å². The molecule has 0 spiro atoms. The maximum atomic E-state index is 11.5. The highest BCUT2D eigenvalue weighted by Gasteiger charge is 2.05. The zero-order valence-corrected chi connectivity index (χ0v) is 10.5. The fourth-order valence-electron chi connectivity index (χ4n) is 1.03. The second-order valence-corrected chi connectivity index (χ2v) is 5.31. The van der Waals surface area contributed by atoms with E-state index in [2.05, 4.69) is 10.3 Å². The number of carbonyl (C=O) groups is 1. The molecule has 0 saturated carbocycles. The van der Waals surface area contributed by atoms with Crippen LogP contribution in [0.3, 0.4) is 0 Å². The molecule has 0 aliphatic heterocycles. The number of nitrogens with zero attached hydrogens (tertiary/aromatic N) is 1. The van der Waals surface area contributed by atoms with Crippen LogP contribution in [0.4, 0.5) is 0 Å². The van der Waals surface area contributed by atoms with Crippen molar-refractivity contribution in [2.45, 2.75) is 6.92 Å². The minimum atomic E-state index is -0.855. The first-order valence-corrected chi connectivity index (χ1v) is 6.74. The quantitative estimate of drug-likeness (QED) is 0.811. The summed E-state index contributed by atoms with van der Waals surface area (Å²) >= 11 is 5.60. The summed E-state index contributed by atoms with van der Waals surface area (Å²) in [6.45, 7) is 2.25. The number of hydrogen-bond donors (Lipinski definition) is 1. The largest absolute Gasteiger partial charge is 0.351 e. The number of pyridine rings is 1. The van der Waals surface area contributed by atoms with Crippen molar-refractivity contribution >= 4 is 28.3 Å². The molecule has 1 heterocycles. The third kappa shape index (κ3) is 4.28. The summed E-state index contributed by atoms with van der Waals surface area (Å²) in [7, 11) is -0.855. The summed E-state index contributed by atoms with van der Waals surface area (Å²) in [6.07, 6.45) is 1.41. The minimum absolute atomic E-state index is 0.225. The van der Waals surface area contributed by atoms with E-state index in [1.165, 1.54) is 6.20 Å². The van der Waals surface area contributed by atoms with Gasteiger partial charge >= 0.3 is 0 Å². The van der Waals surface area contributed by atoms with Crippen molar-refractivity contribution in [2.24, 2.45) is 0 Å². The van der Waals surface area contributed by atoms with Gasteiger partial charge < -0.3 is 5.32 Å². The Kier molecular flexibility index (Phi) is 5.42. The molecule has 0 saturated heterocycles. The van der Waals surface area contributed by atoms with Crippen molar-refractivity contribution in [3.8, 4) is 0 Å². The highest BCUT2D eigenvalue weighted by Crippen LogP contribution is 2.04. The number of rotatable bonds is 5. The molecule has 1 aromatic heterocycles. The van der Waals surface area contributed by atoms with Gasteiger partial charge in [-0.3, -0.25) is 9.00 Å². The van der Waals surface area contributed by atoms with Gasteiger partial charge in [-0.05, 0) is 12.1 Å². The lowest BCUT2D eigenvalue weighted by molar-refractivity contribution is 0.0956. The van der Waals surface area contributed by atoms with Crippen molar-refractivity contribution in [1.29, 1.82) is 0 Å². The number of nitrogens with one attached hydrogen (secondary N) is 1. The highest BCUT2D eigenvalue weighted by atomic mass is 35.5. The first-order chi connectivity index (χ1) is 7.63. The van der Waals surface area contributed by atoms with E-state index in [1.54, 1.807) is 12.1 Å². The Morgan fingerprint density at radius 3 is 2.88 bits per heavy atom. The van der Waals surface area contributed by atoms with Gasteiger partial charge in [0.25, 0.3) is 5.91 Å². The van der Waals surface area contributed by atoms with Crippen molar-refractivity contribution < 1.29 is 9.00 Å². The first kappa shape index (κ1) is 13.1. The van der Waals surface area contributed by atoms with Crippen molar-refractivity contribution in [3.63, 3.8) is 0 Å². The number of halogens is 1. The van der Waals surface area contributed by atoms with Gasteiger partial charge in [0.15, 0.2) is 0 Å². The minimum Gasteiger partial charge on any atom is -0.351 e. The topological polar surface area (TPSA) is 59.1 Å². The molecule has 1 rings (SSSR count). The molecule has 0 aromatic carbocycles. The summed E-state index contributed by atoms with van der Waals surface area (Å²) in [5.41, 5.74) is 0.451. The van der Waals surface area contributed by atoms with E-state index in [-0.39, 0.29) is 5.91 Å². The molecule has 1 aromatic rings. The summed E-state index contributed by atoms with van der Waals surface area (Å²) < 4.78 is 11.1. The number of amides is 1. The SMILES string of the molecule is CCS(=O)CCNC(=O)c1ccc(Cl)nc1. The standard InChI is InChI=1S/C10H13ClN2O2S/c1-2-16(15)6-5-12-10(14)8-3-4-9(11)13-7-8/h3-4,7H,2,5-6H2,1H3,(H,12,14). The molecule has 1 unspecified atom stereocenters.